The molecule has 4 aromatic heterocycles. The molecule has 4 saturated heterocycles. The van der Waals surface area contributed by atoms with Crippen molar-refractivity contribution in [2.75, 3.05) is 26.2 Å². The quantitative estimate of drug-likeness (QED) is 0.0186. The van der Waals surface area contributed by atoms with Gasteiger partial charge < -0.3 is 46.9 Å². The average molecular weight is 1760 g/mol. The van der Waals surface area contributed by atoms with E-state index >= 15 is 0 Å². The predicted octanol–water partition coefficient (Wildman–Crippen LogP) is 6.66. The molecular weight excluding hydrogens is 1650 g/mol. The number of carboxylic acids is 1. The number of hydrogen-bond acceptors (Lipinski definition) is 18. The second-order valence-electron chi connectivity index (χ2n) is 31.7. The van der Waals surface area contributed by atoms with Crippen LogP contribution in [0, 0.1) is 54.9 Å². The molecule has 124 heavy (non-hydrogen) atoms. The fraction of sp³-hybridized carbons (Fsp3) is 0.380. The predicted molar refractivity (Wildman–Crippen MR) is 448 cm³/mol. The Labute approximate surface area is 802 Å². The van der Waals surface area contributed by atoms with Crippen molar-refractivity contribution in [2.24, 2.45) is 17.8 Å². The van der Waals surface area contributed by atoms with Crippen molar-refractivity contribution in [3.8, 4) is 11.5 Å². The number of aryl methyl sites for hydroxylation is 2. The molecule has 0 radical (unpaired) electrons. The number of aromatic carboxylic acids is 1. The minimum Gasteiger partial charge on any atom is -1.00 e. The second kappa shape index (κ2) is 47.3. The average Bonchev–Trinajstić information content (AvgIpc) is 1.72. The van der Waals surface area contributed by atoms with Gasteiger partial charge in [-0.3, -0.25) is 57.5 Å². The van der Waals surface area contributed by atoms with Crippen molar-refractivity contribution >= 4 is 30.2 Å². The fourth-order valence-corrected chi connectivity index (χ4v) is 16.9. The monoisotopic (exact) mass is 1750 g/mol. The number of H-pyrrole nitrogens is 1. The van der Waals surface area contributed by atoms with Gasteiger partial charge in [-0.25, -0.2) is 22.4 Å². The molecule has 5 aliphatic heterocycles. The van der Waals surface area contributed by atoms with Crippen molar-refractivity contribution in [2.45, 2.75) is 181 Å². The minimum atomic E-state index is -1.30. The Bertz CT molecular complexity index is 5560. The molecule has 12 atom stereocenters. The number of amides is 3. The maximum absolute atomic E-state index is 13.8. The summed E-state index contributed by atoms with van der Waals surface area (Å²) in [5, 5.41) is 59.4. The number of carboxylic acid groups (broad SMARTS) is 1. The van der Waals surface area contributed by atoms with Gasteiger partial charge in [-0.2, -0.15) is 20.4 Å². The molecule has 3 amide bonds. The number of carbonyl (C=O) groups excluding carboxylic acids is 4. The van der Waals surface area contributed by atoms with Gasteiger partial charge in [-0.05, 0) is 189 Å². The number of aromatic hydroxyl groups is 2. The number of fused-ring (bicyclic) bond motifs is 2. The number of likely N-dealkylation sites (tertiary alicyclic amines) is 2. The van der Waals surface area contributed by atoms with Crippen LogP contribution in [0.1, 0.15) is 217 Å². The number of nitrogens with zero attached hydrogens (tertiary/aromatic N) is 10. The van der Waals surface area contributed by atoms with E-state index in [1.165, 1.54) is 58.6 Å². The Kier molecular flexibility index (Phi) is 38.2. The summed E-state index contributed by atoms with van der Waals surface area (Å²) < 4.78 is 58.7. The van der Waals surface area contributed by atoms with Gasteiger partial charge in [0.15, 0.2) is 28.6 Å². The van der Waals surface area contributed by atoms with E-state index in [0.29, 0.717) is 61.7 Å². The van der Waals surface area contributed by atoms with Crippen LogP contribution >= 0.6 is 0 Å². The van der Waals surface area contributed by atoms with E-state index in [-0.39, 0.29) is 222 Å². The summed E-state index contributed by atoms with van der Waals surface area (Å²) in [4.78, 5) is 114. The Balaban J connectivity index is 0.000000215. The third-order valence-corrected chi connectivity index (χ3v) is 24.0. The smallest absolute Gasteiger partial charge is 1.00 e. The van der Waals surface area contributed by atoms with Crippen LogP contribution in [-0.2, 0) is 22.8 Å². The maximum Gasteiger partial charge on any atom is 1.00 e. The molecule has 26 nitrogen and oxygen atoms in total. The van der Waals surface area contributed by atoms with Gasteiger partial charge in [0.25, 0.3) is 24.2 Å². The number of aromatic nitrogens is 8. The zero-order chi connectivity index (χ0) is 88.2. The van der Waals surface area contributed by atoms with Gasteiger partial charge in [0, 0.05) is 67.2 Å². The van der Waals surface area contributed by atoms with E-state index in [2.05, 4.69) is 63.4 Å². The van der Waals surface area contributed by atoms with Crippen LogP contribution in [-0.4, -0.2) is 150 Å². The second-order valence-corrected chi connectivity index (χ2v) is 31.7. The van der Waals surface area contributed by atoms with Gasteiger partial charge in [0.05, 0.1) is 37.6 Å². The molecule has 0 unspecified atom stereocenters. The molecule has 32 heteroatoms. The van der Waals surface area contributed by atoms with Crippen molar-refractivity contribution in [3.63, 3.8) is 0 Å². The van der Waals surface area contributed by atoms with Crippen LogP contribution in [0.5, 0.6) is 11.5 Å². The van der Waals surface area contributed by atoms with E-state index in [9.17, 15) is 66.1 Å². The molecule has 646 valence electrons. The van der Waals surface area contributed by atoms with E-state index in [1.54, 1.807) is 82.0 Å². The molecule has 0 bridgehead atoms. The van der Waals surface area contributed by atoms with Crippen LogP contribution in [0.4, 0.5) is 17.6 Å². The fourth-order valence-electron chi connectivity index (χ4n) is 16.9. The van der Waals surface area contributed by atoms with E-state index in [0.717, 1.165) is 90.8 Å². The van der Waals surface area contributed by atoms with Crippen molar-refractivity contribution in [1.29, 1.82) is 0 Å². The first-order valence-corrected chi connectivity index (χ1v) is 40.9. The third-order valence-electron chi connectivity index (χ3n) is 24.0. The number of benzene rings is 6. The summed E-state index contributed by atoms with van der Waals surface area (Å²) in [6, 6.07) is 46.0. The number of carbonyl (C=O) groups is 5. The van der Waals surface area contributed by atoms with E-state index in [1.807, 2.05) is 106 Å². The molecule has 15 rings (SSSR count). The van der Waals surface area contributed by atoms with Crippen LogP contribution in [0.2, 0.25) is 0 Å². The summed E-state index contributed by atoms with van der Waals surface area (Å²) in [6.07, 6.45) is 12.8. The first-order chi connectivity index (χ1) is 58.4. The first-order valence-electron chi connectivity index (χ1n) is 40.9. The van der Waals surface area contributed by atoms with Gasteiger partial charge in [-0.1, -0.05) is 158 Å². The third kappa shape index (κ3) is 25.3. The van der Waals surface area contributed by atoms with Gasteiger partial charge in [0.2, 0.25) is 27.4 Å². The molecule has 0 aliphatic carbocycles. The van der Waals surface area contributed by atoms with Gasteiger partial charge in [0.1, 0.15) is 23.3 Å². The number of rotatable bonds is 19. The SMILES string of the molecule is C[C@H]([C@H](C)c1cccc(F)c1)[C@@H]1CCCN1C(=O)c1[nH]ncc(=O)c1O.C[C@H]([C@H](C)c1cccc(F)c1)[C@H]1CCCN1.C[C@H](c1cccc(F)c1)[C@H]1[C@H]2CCCN2C(=O)c2c(O)c(=O)cnn21.Cc1cn(Cc2ccccc2)nc(C(=O)N2CCC[C@H]2[C@H](C)[C@H](C)c2cccc(F)c2)c1=O.Cc1cn(Cc2ccccc2)nc(C(=O)O)c1=O.O=CO[O-].[H-].[K+].[K+]. The van der Waals surface area contributed by atoms with Crippen LogP contribution in [0.15, 0.2) is 202 Å². The number of nitrogens with one attached hydrogen (secondary N) is 2. The zero-order valence-electron chi connectivity index (χ0n) is 72.5. The Morgan fingerprint density at radius 2 is 0.992 bits per heavy atom. The Morgan fingerprint density at radius 3 is 1.45 bits per heavy atom. The summed E-state index contributed by atoms with van der Waals surface area (Å²) in [7, 11) is 0. The molecule has 5 N–H and O–H groups in total. The van der Waals surface area contributed by atoms with Crippen LogP contribution in [0.3, 0.4) is 0 Å². The Morgan fingerprint density at radius 1 is 0.556 bits per heavy atom. The standard InChI is InChI=1S/C27H30FN3O2.C19H22FN3O3.C18H18FN3O3.C14H20FN.C13H12N2O3.CH2O3.2K.H/c1-18-16-30(17-21-9-5-4-6-10-21)29-25(26(18)32)27(33)31-14-8-13-24(31)20(3)19(2)22-11-7-12-23(28)15-22;1-11(13-5-3-6-14(20)9-13)12(2)15-7-4-8-23(15)19(26)17-18(25)16(24)10-21-22-17;1-10(11-4-2-5-12(19)8-11)15-13-6-3-7-21(13)18(25)16-17(24)14(23)9-20-22(15)16;1-10(11(2)14-7-4-8-16-14)12-5-3-6-13(15)9-12;1-9-7-15(8-10-5-3-2-4-6-10)14-11(12(9)16)13(17)18;2-1-4-3;;;/h4-7,9-12,15-16,19-20,24H,8,13-14,17H2,1-3H3;3,5-6,9-12,15H,4,7-8H2,1-2H3,(H,21,25)(H,22,24);2,4-5,8-10,13,15,24H,3,6-7H2,1H3;3,5-6,9-11,14,16H,4,7-8H2,1-2H3;2-7H,8H2,1H3,(H,17,18);1,3H;;;/q;;;;;;2*+1;-1/p-1/t19-,20+,24-;11-,12+,15-;10-,13-,15+;10-,11+,14+;;;;;/m0010...../s1. The maximum atomic E-state index is 13.8. The van der Waals surface area contributed by atoms with Crippen LogP contribution < -0.4 is 135 Å². The number of halogens is 4. The summed E-state index contributed by atoms with van der Waals surface area (Å²) in [5.41, 5.74) is 3.68. The van der Waals surface area contributed by atoms with Crippen LogP contribution in [0.25, 0.3) is 0 Å². The molecule has 5 aliphatic rings. The Hall–Kier alpha value is -9.30. The molecule has 0 spiro atoms. The normalized spacial score (nSPS) is 18.3. The van der Waals surface area contributed by atoms with Crippen molar-refractivity contribution < 1.29 is 171 Å². The first kappa shape index (κ1) is 100. The number of hydrogen-bond donors (Lipinski definition) is 5. The molecule has 0 saturated carbocycles. The molecular formula is C92H104F4K2N12O14. The van der Waals surface area contributed by atoms with E-state index in [4.69, 9.17) is 15.2 Å². The molecule has 6 aromatic carbocycles. The molecule has 4 fully saturated rings. The zero-order valence-corrected chi connectivity index (χ0v) is 77.8. The summed E-state index contributed by atoms with van der Waals surface area (Å²) >= 11 is 0. The van der Waals surface area contributed by atoms with Gasteiger partial charge in [-0.15, -0.1) is 0 Å². The largest absolute Gasteiger partial charge is 1.00 e. The molecule has 10 aromatic rings. The van der Waals surface area contributed by atoms with E-state index < -0.39 is 45.4 Å². The van der Waals surface area contributed by atoms with Crippen molar-refractivity contribution in [3.05, 3.63) is 314 Å². The molecule has 9 heterocycles. The number of aromatic amines is 1. The van der Waals surface area contributed by atoms with Gasteiger partial charge >= 0.3 is 109 Å². The topological polar surface area (TPSA) is 350 Å². The minimum absolute atomic E-state index is 0. The summed E-state index contributed by atoms with van der Waals surface area (Å²) in [6.45, 7) is 21.5. The van der Waals surface area contributed by atoms with Crippen molar-refractivity contribution in [1.82, 2.24) is 59.6 Å². The summed E-state index contributed by atoms with van der Waals surface area (Å²) in [5.74, 6) is -3.47.